The molecule has 12 N–H and O–H groups in total. The summed E-state index contributed by atoms with van der Waals surface area (Å²) in [6, 6.07) is 58.8. The number of hydrogen-bond donors (Lipinski definition) is 12. The molecule has 0 saturated heterocycles. The van der Waals surface area contributed by atoms with Gasteiger partial charge < -0.3 is 61.8 Å². The first-order valence-corrected chi connectivity index (χ1v) is 42.0. The highest BCUT2D eigenvalue weighted by molar-refractivity contribution is 8.00. The zero-order valence-corrected chi connectivity index (χ0v) is 74.5. The van der Waals surface area contributed by atoms with E-state index in [0.717, 1.165) is 44.8 Å². The SMILES string of the molecule is C=CC.CC(C)(C)Sc1ccc(C(=O)CCC(=O)O)nc1.O=C(CCc1ccccc1)c1ccc2c(=O)c(C(=O)O)c[nH]c2c1.O=C(O)CC(=O)CNC(=O)c1nccc2ccccc12.O=C(O)CCC(=O)C(=O)O.O=C(O)CCC(=O)CNC(=O)c1cc2ccccc2cn1.O=C(O)c1ccn(-c2ccccn2)n1.O=C(O)c1ccnc(-c2cc(C(=O)NCCc3ccccc3)ccn2)c1. The Hall–Kier alpha value is -17.5. The van der Waals surface area contributed by atoms with Gasteiger partial charge in [-0.1, -0.05) is 148 Å². The van der Waals surface area contributed by atoms with Crippen LogP contribution in [0.4, 0.5) is 0 Å². The van der Waals surface area contributed by atoms with Crippen LogP contribution in [0.15, 0.2) is 272 Å². The molecule has 0 aliphatic carbocycles. The van der Waals surface area contributed by atoms with Crippen molar-refractivity contribution in [3.05, 3.63) is 329 Å². The summed E-state index contributed by atoms with van der Waals surface area (Å²) in [5, 5.41) is 83.2. The molecule has 0 radical (unpaired) electrons. The van der Waals surface area contributed by atoms with Crippen molar-refractivity contribution in [1.29, 1.82) is 0 Å². The first kappa shape index (κ1) is 107. The summed E-state index contributed by atoms with van der Waals surface area (Å²) in [7, 11) is 0. The fourth-order valence-electron chi connectivity index (χ4n) is 11.4. The van der Waals surface area contributed by atoms with Crippen molar-refractivity contribution in [2.45, 2.75) is 102 Å². The van der Waals surface area contributed by atoms with Crippen LogP contribution in [-0.4, -0.2) is 204 Å². The highest BCUT2D eigenvalue weighted by atomic mass is 32.2. The van der Waals surface area contributed by atoms with Crippen LogP contribution in [0, 0.1) is 0 Å². The molecule has 702 valence electrons. The number of carboxylic acids is 8. The van der Waals surface area contributed by atoms with Crippen molar-refractivity contribution in [3.8, 4) is 17.2 Å². The first-order chi connectivity index (χ1) is 64.8. The molecule has 38 heteroatoms. The second-order valence-electron chi connectivity index (χ2n) is 29.4. The number of aromatic carboxylic acids is 3. The Morgan fingerprint density at radius 3 is 1.59 bits per heavy atom. The number of H-pyrrole nitrogens is 1. The lowest BCUT2D eigenvalue weighted by Crippen LogP contribution is -2.31. The average molecular weight is 1870 g/mol. The van der Waals surface area contributed by atoms with Gasteiger partial charge in [-0.3, -0.25) is 87.2 Å². The summed E-state index contributed by atoms with van der Waals surface area (Å²) < 4.78 is 1.51. The number of carbonyl (C=O) groups is 16. The molecule has 37 nitrogen and oxygen atoms in total. The molecule has 8 heterocycles. The highest BCUT2D eigenvalue weighted by Crippen LogP contribution is 2.31. The van der Waals surface area contributed by atoms with Gasteiger partial charge in [0.05, 0.1) is 54.8 Å². The van der Waals surface area contributed by atoms with Gasteiger partial charge in [-0.15, -0.1) is 18.3 Å². The zero-order chi connectivity index (χ0) is 99.8. The topological polar surface area (TPSA) is 599 Å². The van der Waals surface area contributed by atoms with Crippen LogP contribution >= 0.6 is 11.8 Å². The van der Waals surface area contributed by atoms with Crippen molar-refractivity contribution < 1.29 is 118 Å². The van der Waals surface area contributed by atoms with Crippen LogP contribution in [0.3, 0.4) is 0 Å². The number of aliphatic carboxylic acids is 5. The molecule has 0 bridgehead atoms. The van der Waals surface area contributed by atoms with Crippen molar-refractivity contribution in [3.63, 3.8) is 0 Å². The molecule has 0 fully saturated rings. The molecule has 0 saturated carbocycles. The van der Waals surface area contributed by atoms with E-state index in [1.54, 1.807) is 109 Å². The Kier molecular flexibility index (Phi) is 43.8. The van der Waals surface area contributed by atoms with Gasteiger partial charge in [-0.25, -0.2) is 28.8 Å². The number of ketones is 5. The van der Waals surface area contributed by atoms with Gasteiger partial charge >= 0.3 is 47.8 Å². The second kappa shape index (κ2) is 55.5. The fourth-order valence-corrected chi connectivity index (χ4v) is 12.3. The summed E-state index contributed by atoms with van der Waals surface area (Å²) in [5.74, 6) is -12.1. The normalized spacial score (nSPS) is 10.2. The number of aryl methyl sites for hydroxylation is 1. The first-order valence-electron chi connectivity index (χ1n) is 41.1. The molecule has 0 aliphatic rings. The Labute approximate surface area is 779 Å². The van der Waals surface area contributed by atoms with Crippen LogP contribution in [0.1, 0.15) is 174 Å². The molecule has 136 heavy (non-hydrogen) atoms. The minimum Gasteiger partial charge on any atom is -0.481 e. The summed E-state index contributed by atoms with van der Waals surface area (Å²) in [6.45, 7) is 11.6. The van der Waals surface area contributed by atoms with Crippen molar-refractivity contribution in [2.75, 3.05) is 19.6 Å². The van der Waals surface area contributed by atoms with Gasteiger partial charge in [0.2, 0.25) is 11.2 Å². The maximum Gasteiger partial charge on any atom is 0.372 e. The number of thioether (sulfide) groups is 1. The number of aromatic nitrogens is 9. The Balaban J connectivity index is 0.000000246. The Bertz CT molecular complexity index is 6480. The van der Waals surface area contributed by atoms with Gasteiger partial charge in [0.25, 0.3) is 17.7 Å². The number of carbonyl (C=O) groups excluding carboxylic acids is 8. The van der Waals surface area contributed by atoms with Crippen LogP contribution in [0.25, 0.3) is 49.7 Å². The lowest BCUT2D eigenvalue weighted by Gasteiger charge is -2.17. The largest absolute Gasteiger partial charge is 0.481 e. The average Bonchev–Trinajstić information content (AvgIpc) is 0.951. The number of carboxylic acid groups (broad SMARTS) is 8. The number of amides is 3. The smallest absolute Gasteiger partial charge is 0.372 e. The number of fused-ring (bicyclic) bond motifs is 3. The van der Waals surface area contributed by atoms with Crippen molar-refractivity contribution >= 4 is 139 Å². The molecular weight excluding hydrogens is 1780 g/mol. The number of nitrogens with one attached hydrogen (secondary N) is 4. The Morgan fingerprint density at radius 1 is 0.441 bits per heavy atom. The Morgan fingerprint density at radius 2 is 1.01 bits per heavy atom. The molecule has 13 aromatic rings. The zero-order valence-electron chi connectivity index (χ0n) is 73.7. The number of hydrogen-bond acceptors (Lipinski definition) is 25. The van der Waals surface area contributed by atoms with Crippen LogP contribution in [-0.2, 0) is 51.2 Å². The molecule has 5 aromatic carbocycles. The number of benzene rings is 5. The molecule has 0 unspecified atom stereocenters. The maximum absolute atomic E-state index is 12.3. The second-order valence-corrected chi connectivity index (χ2v) is 31.3. The number of nitrogens with zero attached hydrogens (tertiary/aromatic N) is 8. The minimum atomic E-state index is -1.58. The summed E-state index contributed by atoms with van der Waals surface area (Å²) in [5.41, 5.74) is 4.52. The molecular formula is C98H94N12O25S. The minimum absolute atomic E-state index is 0.00586. The van der Waals surface area contributed by atoms with Gasteiger partial charge in [0, 0.05) is 119 Å². The van der Waals surface area contributed by atoms with Crippen molar-refractivity contribution in [2.24, 2.45) is 0 Å². The van der Waals surface area contributed by atoms with E-state index in [1.165, 1.54) is 47.5 Å². The number of allylic oxidation sites excluding steroid dienone is 1. The monoisotopic (exact) mass is 1870 g/mol. The quantitative estimate of drug-likeness (QED) is 0.00597. The van der Waals surface area contributed by atoms with Gasteiger partial charge in [-0.2, -0.15) is 5.10 Å². The summed E-state index contributed by atoms with van der Waals surface area (Å²) in [6.07, 6.45) is 13.6. The van der Waals surface area contributed by atoms with E-state index >= 15 is 0 Å². The molecule has 0 atom stereocenters. The van der Waals surface area contributed by atoms with Gasteiger partial charge in [0.15, 0.2) is 34.6 Å². The maximum atomic E-state index is 12.3. The fraction of sp³-hybridized carbons (Fsp3) is 0.184. The number of aromatic amines is 1. The molecule has 3 amide bonds. The third-order valence-electron chi connectivity index (χ3n) is 17.9. The summed E-state index contributed by atoms with van der Waals surface area (Å²) in [4.78, 5) is 217. The van der Waals surface area contributed by atoms with Crippen LogP contribution in [0.2, 0.25) is 0 Å². The molecule has 0 aliphatic heterocycles. The lowest BCUT2D eigenvalue weighted by molar-refractivity contribution is -0.150. The predicted octanol–water partition coefficient (Wildman–Crippen LogP) is 12.9. The third kappa shape index (κ3) is 38.3. The van der Waals surface area contributed by atoms with Gasteiger partial charge in [0.1, 0.15) is 29.1 Å². The standard InChI is InChI=1S/C20H17N3O3.C19H15NO4.C15H14N2O4.C14H12N2O4.C13H17NO3S.C9H7N3O2.C5H6O5.C3H6/c24-19(23-9-6-14-4-2-1-3-5-14)15-7-10-21-17(12-15)18-13-16(20(25)26)8-11-22-18;21-17(9-6-12-4-2-1-3-5-12)13-7-8-14-16(10-13)20-11-15(18(14)22)19(23)24;18-12(5-6-14(19)20)9-17-15(21)13-7-10-3-1-2-4-11(10)8-16-13;17-10(7-12(18)19)8-16-14(20)13-11-4-2-1-3-9(11)5-6-15-13;1-13(2,3)18-9-4-5-10(14-8-9)11(15)6-7-12(16)17;13-9(14)7-4-6-12(11-7)8-3-1-2-5-10-8;6-3(5(9)10)1-2-4(7)8;1-3-2/h1-5,7-8,10-13H,6,9H2,(H,23,24)(H,25,26);1-5,7-8,10-11H,6,9H2,(H,20,22)(H,23,24);1-4,7-8H,5-6,9H2,(H,17,21)(H,19,20);1-6H,7-8H2,(H,16,20)(H,18,19);4-5,8H,6-7H2,1-3H3,(H,16,17);1-6H,(H,13,14);1-2H2,(H,7,8)(H,9,10);3H,1H2,2H3. The van der Waals surface area contributed by atoms with E-state index < -0.39 is 95.8 Å². The third-order valence-corrected chi connectivity index (χ3v) is 19.0. The van der Waals surface area contributed by atoms with Crippen molar-refractivity contribution in [1.82, 2.24) is 60.6 Å². The summed E-state index contributed by atoms with van der Waals surface area (Å²) >= 11 is 1.67. The lowest BCUT2D eigenvalue weighted by atomic mass is 10.0. The van der Waals surface area contributed by atoms with E-state index in [4.69, 9.17) is 40.9 Å². The highest BCUT2D eigenvalue weighted by Gasteiger charge is 2.21. The van der Waals surface area contributed by atoms with Gasteiger partial charge in [-0.05, 0) is 121 Å². The van der Waals surface area contributed by atoms with E-state index in [0.29, 0.717) is 64.3 Å². The number of pyridine rings is 7. The van der Waals surface area contributed by atoms with E-state index in [-0.39, 0.29) is 100 Å². The van der Waals surface area contributed by atoms with E-state index in [2.05, 4.69) is 83.3 Å². The van der Waals surface area contributed by atoms with Crippen LogP contribution < -0.4 is 21.4 Å². The predicted molar refractivity (Wildman–Crippen MR) is 500 cm³/mol. The molecule has 13 rings (SSSR count). The molecule has 0 spiro atoms. The van der Waals surface area contributed by atoms with Crippen LogP contribution in [0.5, 0.6) is 0 Å². The van der Waals surface area contributed by atoms with E-state index in [1.807, 2.05) is 116 Å². The molecule has 8 aromatic heterocycles. The number of rotatable bonds is 33. The van der Waals surface area contributed by atoms with E-state index in [9.17, 15) is 81.5 Å². The number of Topliss-reactive ketones (excluding diaryl/α,β-unsaturated/α-hetero) is 5.